The third-order valence-electron chi connectivity index (χ3n) is 2.97. The lowest BCUT2D eigenvalue weighted by Crippen LogP contribution is -2.58. The van der Waals surface area contributed by atoms with Crippen molar-refractivity contribution in [3.8, 4) is 0 Å². The zero-order chi connectivity index (χ0) is 14.6. The van der Waals surface area contributed by atoms with Crippen LogP contribution in [0.4, 0.5) is 0 Å². The lowest BCUT2D eigenvalue weighted by molar-refractivity contribution is -0.175. The number of aliphatic hydroxyl groups is 3. The fourth-order valence-electron chi connectivity index (χ4n) is 2.09. The molecule has 0 radical (unpaired) electrons. The third-order valence-corrected chi connectivity index (χ3v) is 2.97. The summed E-state index contributed by atoms with van der Waals surface area (Å²) in [6.45, 7) is 0.746. The molecule has 1 aliphatic rings. The van der Waals surface area contributed by atoms with Crippen LogP contribution in [0.2, 0.25) is 0 Å². The van der Waals surface area contributed by atoms with Crippen LogP contribution in [0.15, 0.2) is 0 Å². The van der Waals surface area contributed by atoms with Crippen molar-refractivity contribution in [1.29, 1.82) is 0 Å². The van der Waals surface area contributed by atoms with Crippen LogP contribution in [0.1, 0.15) is 19.8 Å². The Morgan fingerprint density at radius 3 is 2.58 bits per heavy atom. The monoisotopic (exact) mass is 277 g/mol. The first-order valence-electron chi connectivity index (χ1n) is 5.97. The van der Waals surface area contributed by atoms with E-state index >= 15 is 0 Å². The van der Waals surface area contributed by atoms with Crippen LogP contribution < -0.4 is 5.32 Å². The van der Waals surface area contributed by atoms with Gasteiger partial charge in [-0.1, -0.05) is 0 Å². The molecular formula is C11H19NO7. The predicted molar refractivity (Wildman–Crippen MR) is 62.2 cm³/mol. The molecule has 1 fully saturated rings. The highest BCUT2D eigenvalue weighted by molar-refractivity contribution is 5.74. The topological polar surface area (TPSA) is 136 Å². The van der Waals surface area contributed by atoms with Gasteiger partial charge in [-0.15, -0.1) is 0 Å². The number of ether oxygens (including phenoxy) is 1. The average molecular weight is 277 g/mol. The maximum atomic E-state index is 11.1. The Morgan fingerprint density at radius 1 is 1.47 bits per heavy atom. The summed E-state index contributed by atoms with van der Waals surface area (Å²) in [5, 5.41) is 39.5. The van der Waals surface area contributed by atoms with E-state index in [9.17, 15) is 19.8 Å². The molecule has 5 atom stereocenters. The van der Waals surface area contributed by atoms with Crippen molar-refractivity contribution in [2.24, 2.45) is 0 Å². The van der Waals surface area contributed by atoms with E-state index in [1.54, 1.807) is 0 Å². The van der Waals surface area contributed by atoms with Gasteiger partial charge in [-0.25, -0.2) is 4.79 Å². The van der Waals surface area contributed by atoms with Crippen molar-refractivity contribution in [3.05, 3.63) is 0 Å². The maximum Gasteiger partial charge on any atom is 0.332 e. The second kappa shape index (κ2) is 6.80. The molecule has 0 aromatic heterocycles. The first-order valence-corrected chi connectivity index (χ1v) is 5.97. The molecule has 1 saturated heterocycles. The van der Waals surface area contributed by atoms with Crippen molar-refractivity contribution in [1.82, 2.24) is 5.32 Å². The Kier molecular flexibility index (Phi) is 5.67. The number of aliphatic hydroxyl groups excluding tert-OH is 3. The SMILES string of the molecule is CC(=O)NC1C(O)CC(C(=O)O)OC1C[C@H](O)CO. The highest BCUT2D eigenvalue weighted by atomic mass is 16.5. The van der Waals surface area contributed by atoms with Crippen molar-refractivity contribution in [3.63, 3.8) is 0 Å². The first-order chi connectivity index (χ1) is 8.85. The molecule has 0 spiro atoms. The van der Waals surface area contributed by atoms with Gasteiger partial charge < -0.3 is 30.5 Å². The van der Waals surface area contributed by atoms with Crippen molar-refractivity contribution < 1.29 is 34.8 Å². The largest absolute Gasteiger partial charge is 0.479 e. The second-order valence-corrected chi connectivity index (χ2v) is 4.60. The maximum absolute atomic E-state index is 11.1. The van der Waals surface area contributed by atoms with Gasteiger partial charge in [0.25, 0.3) is 0 Å². The number of carbonyl (C=O) groups excluding carboxylic acids is 1. The number of hydrogen-bond acceptors (Lipinski definition) is 6. The molecular weight excluding hydrogens is 258 g/mol. The fourth-order valence-corrected chi connectivity index (χ4v) is 2.09. The van der Waals surface area contributed by atoms with Crippen LogP contribution in [0.25, 0.3) is 0 Å². The van der Waals surface area contributed by atoms with Gasteiger partial charge in [-0.05, 0) is 0 Å². The molecule has 1 amide bonds. The number of rotatable bonds is 5. The molecule has 4 unspecified atom stereocenters. The molecule has 0 bridgehead atoms. The minimum atomic E-state index is -1.22. The van der Waals surface area contributed by atoms with Gasteiger partial charge in [0.2, 0.25) is 5.91 Å². The highest BCUT2D eigenvalue weighted by Crippen LogP contribution is 2.24. The van der Waals surface area contributed by atoms with Crippen LogP contribution in [-0.2, 0) is 14.3 Å². The van der Waals surface area contributed by atoms with E-state index in [-0.39, 0.29) is 12.8 Å². The minimum Gasteiger partial charge on any atom is -0.479 e. The lowest BCUT2D eigenvalue weighted by Gasteiger charge is -2.39. The molecule has 0 saturated carbocycles. The summed E-state index contributed by atoms with van der Waals surface area (Å²) < 4.78 is 5.26. The Bertz CT molecular complexity index is 335. The highest BCUT2D eigenvalue weighted by Gasteiger charge is 2.41. The van der Waals surface area contributed by atoms with Gasteiger partial charge in [0.15, 0.2) is 6.10 Å². The predicted octanol–water partition coefficient (Wildman–Crippen LogP) is -2.16. The molecule has 5 N–H and O–H groups in total. The summed E-state index contributed by atoms with van der Waals surface area (Å²) in [6.07, 6.45) is -4.50. The quantitative estimate of drug-likeness (QED) is 0.386. The van der Waals surface area contributed by atoms with E-state index < -0.39 is 48.9 Å². The normalized spacial score (nSPS) is 32.6. The minimum absolute atomic E-state index is 0.0811. The van der Waals surface area contributed by atoms with Crippen LogP contribution in [0, 0.1) is 0 Å². The average Bonchev–Trinajstić information content (AvgIpc) is 2.32. The van der Waals surface area contributed by atoms with Gasteiger partial charge >= 0.3 is 5.97 Å². The van der Waals surface area contributed by atoms with Crippen LogP contribution >= 0.6 is 0 Å². The van der Waals surface area contributed by atoms with Gasteiger partial charge in [-0.2, -0.15) is 0 Å². The zero-order valence-electron chi connectivity index (χ0n) is 10.5. The van der Waals surface area contributed by atoms with E-state index in [2.05, 4.69) is 5.32 Å². The second-order valence-electron chi connectivity index (χ2n) is 4.60. The van der Waals surface area contributed by atoms with Gasteiger partial charge in [0.1, 0.15) is 0 Å². The van der Waals surface area contributed by atoms with E-state index in [0.29, 0.717) is 0 Å². The Hall–Kier alpha value is -1.22. The van der Waals surface area contributed by atoms with Crippen molar-refractivity contribution >= 4 is 11.9 Å². The van der Waals surface area contributed by atoms with Crippen molar-refractivity contribution in [2.75, 3.05) is 6.61 Å². The summed E-state index contributed by atoms with van der Waals surface area (Å²) in [5.74, 6) is -1.62. The lowest BCUT2D eigenvalue weighted by atomic mass is 9.92. The molecule has 110 valence electrons. The van der Waals surface area contributed by atoms with Gasteiger partial charge in [0, 0.05) is 19.8 Å². The summed E-state index contributed by atoms with van der Waals surface area (Å²) in [4.78, 5) is 22.0. The molecule has 1 rings (SSSR count). The van der Waals surface area contributed by atoms with Crippen molar-refractivity contribution in [2.45, 2.75) is 50.2 Å². The van der Waals surface area contributed by atoms with E-state index in [1.807, 2.05) is 0 Å². The number of carbonyl (C=O) groups is 2. The standard InChI is InChI=1S/C11H19NO7/c1-5(14)12-10-7(16)3-9(11(17)18)19-8(10)2-6(15)4-13/h6-10,13,15-16H,2-4H2,1H3,(H,12,14)(H,17,18)/t6-,7?,8?,9?,10?/m0/s1. The smallest absolute Gasteiger partial charge is 0.332 e. The van der Waals surface area contributed by atoms with Gasteiger partial charge in [0.05, 0.1) is 31.0 Å². The molecule has 8 nitrogen and oxygen atoms in total. The molecule has 0 aromatic carbocycles. The zero-order valence-corrected chi connectivity index (χ0v) is 10.5. The molecule has 8 heteroatoms. The summed E-state index contributed by atoms with van der Waals surface area (Å²) in [6, 6.07) is -0.811. The number of carboxylic acids is 1. The van der Waals surface area contributed by atoms with Crippen LogP contribution in [0.5, 0.6) is 0 Å². The Balaban J connectivity index is 2.80. The summed E-state index contributed by atoms with van der Waals surface area (Å²) in [7, 11) is 0. The van der Waals surface area contributed by atoms with E-state index in [0.717, 1.165) is 0 Å². The number of amides is 1. The number of nitrogens with one attached hydrogen (secondary N) is 1. The Labute approximate surface area is 110 Å². The molecule has 1 heterocycles. The van der Waals surface area contributed by atoms with E-state index in [4.69, 9.17) is 14.9 Å². The van der Waals surface area contributed by atoms with Crippen LogP contribution in [-0.4, -0.2) is 69.4 Å². The summed E-state index contributed by atoms with van der Waals surface area (Å²) >= 11 is 0. The fraction of sp³-hybridized carbons (Fsp3) is 0.818. The molecule has 0 aromatic rings. The third kappa shape index (κ3) is 4.43. The summed E-state index contributed by atoms with van der Waals surface area (Å²) in [5.41, 5.74) is 0. The van der Waals surface area contributed by atoms with Crippen LogP contribution in [0.3, 0.4) is 0 Å². The number of aliphatic carboxylic acids is 1. The number of hydrogen-bond donors (Lipinski definition) is 5. The van der Waals surface area contributed by atoms with E-state index in [1.165, 1.54) is 6.92 Å². The molecule has 1 aliphatic heterocycles. The first kappa shape index (κ1) is 15.8. The Morgan fingerprint density at radius 2 is 2.11 bits per heavy atom. The molecule has 0 aliphatic carbocycles. The molecule has 19 heavy (non-hydrogen) atoms. The van der Waals surface area contributed by atoms with Gasteiger partial charge in [-0.3, -0.25) is 4.79 Å². The number of carboxylic acid groups (broad SMARTS) is 1.